The molecule has 0 aromatic carbocycles. The third kappa shape index (κ3) is 4.48. The van der Waals surface area contributed by atoms with Gasteiger partial charge in [0.1, 0.15) is 0 Å². The highest BCUT2D eigenvalue weighted by atomic mass is 32.2. The number of carbonyl (C=O) groups is 1. The van der Waals surface area contributed by atoms with Crippen LogP contribution in [0.5, 0.6) is 0 Å². The van der Waals surface area contributed by atoms with Crippen LogP contribution in [-0.4, -0.2) is 10.9 Å². The van der Waals surface area contributed by atoms with Crippen LogP contribution < -0.4 is 0 Å². The molecule has 92 valence electrons. The Hall–Kier alpha value is 0.0200. The Balaban J connectivity index is 1.67. The molecule has 1 saturated heterocycles. The summed E-state index contributed by atoms with van der Waals surface area (Å²) < 4.78 is 0. The largest absolute Gasteiger partial charge is 0.287 e. The zero-order chi connectivity index (χ0) is 11.2. The first-order valence-corrected chi connectivity index (χ1v) is 8.00. The van der Waals surface area contributed by atoms with Crippen molar-refractivity contribution in [2.24, 2.45) is 11.8 Å². The van der Waals surface area contributed by atoms with Crippen molar-refractivity contribution in [3.8, 4) is 0 Å². The number of thioether (sulfide) groups is 1. The van der Waals surface area contributed by atoms with Gasteiger partial charge < -0.3 is 0 Å². The van der Waals surface area contributed by atoms with E-state index in [0.29, 0.717) is 5.12 Å². The predicted octanol–water partition coefficient (Wildman–Crippen LogP) is 4.41. The van der Waals surface area contributed by atoms with Gasteiger partial charge in [-0.1, -0.05) is 50.3 Å². The number of rotatable bonds is 0. The molecule has 0 N–H and O–H groups in total. The third-order valence-electron chi connectivity index (χ3n) is 4.01. The van der Waals surface area contributed by atoms with Crippen molar-refractivity contribution >= 4 is 16.9 Å². The lowest BCUT2D eigenvalue weighted by atomic mass is 10.1. The first-order chi connectivity index (χ1) is 7.86. The molecule has 0 aromatic heterocycles. The molecule has 1 saturated carbocycles. The van der Waals surface area contributed by atoms with E-state index in [9.17, 15) is 4.79 Å². The average molecular weight is 240 g/mol. The van der Waals surface area contributed by atoms with Crippen LogP contribution in [0.2, 0.25) is 0 Å². The summed E-state index contributed by atoms with van der Waals surface area (Å²) in [5.74, 6) is 3.21. The molecule has 2 atom stereocenters. The molecule has 1 aliphatic carbocycles. The Bertz CT molecular complexity index is 227. The minimum Gasteiger partial charge on any atom is -0.287 e. The molecule has 1 nitrogen and oxygen atoms in total. The van der Waals surface area contributed by atoms with Gasteiger partial charge in [-0.3, -0.25) is 4.79 Å². The van der Waals surface area contributed by atoms with Gasteiger partial charge in [0.15, 0.2) is 5.12 Å². The number of carbonyl (C=O) groups excluding carboxylic acids is 1. The number of fused-ring (bicyclic) bond motifs is 1. The quantitative estimate of drug-likeness (QED) is 0.624. The monoisotopic (exact) mass is 240 g/mol. The van der Waals surface area contributed by atoms with Crippen LogP contribution >= 0.6 is 11.8 Å². The van der Waals surface area contributed by atoms with Crippen LogP contribution in [0.25, 0.3) is 0 Å². The molecule has 16 heavy (non-hydrogen) atoms. The fourth-order valence-corrected chi connectivity index (χ4v) is 3.68. The van der Waals surface area contributed by atoms with Crippen molar-refractivity contribution < 1.29 is 4.79 Å². The summed E-state index contributed by atoms with van der Waals surface area (Å²) in [6, 6.07) is 0. The van der Waals surface area contributed by atoms with Crippen LogP contribution in [0.1, 0.15) is 64.2 Å². The van der Waals surface area contributed by atoms with Crippen LogP contribution in [0.15, 0.2) is 0 Å². The SMILES string of the molecule is O=C1CCCCCC2CC2CCCCCS1. The van der Waals surface area contributed by atoms with Gasteiger partial charge in [-0.2, -0.15) is 0 Å². The maximum Gasteiger partial charge on any atom is 0.188 e. The summed E-state index contributed by atoms with van der Waals surface area (Å²) in [6.45, 7) is 0. The van der Waals surface area contributed by atoms with E-state index in [1.54, 1.807) is 11.8 Å². The Kier molecular flexibility index (Phi) is 5.21. The van der Waals surface area contributed by atoms with Gasteiger partial charge in [0.25, 0.3) is 0 Å². The molecule has 1 aliphatic heterocycles. The zero-order valence-electron chi connectivity index (χ0n) is 10.2. The summed E-state index contributed by atoms with van der Waals surface area (Å²) in [5, 5.41) is 0.432. The molecule has 0 radical (unpaired) electrons. The van der Waals surface area contributed by atoms with E-state index in [1.807, 2.05) is 0 Å². The third-order valence-corrected chi connectivity index (χ3v) is 5.03. The fourth-order valence-electron chi connectivity index (χ4n) is 2.81. The van der Waals surface area contributed by atoms with E-state index >= 15 is 0 Å². The summed E-state index contributed by atoms with van der Waals surface area (Å²) >= 11 is 1.58. The minimum atomic E-state index is 0.432. The summed E-state index contributed by atoms with van der Waals surface area (Å²) in [7, 11) is 0. The van der Waals surface area contributed by atoms with Crippen LogP contribution in [-0.2, 0) is 4.79 Å². The van der Waals surface area contributed by atoms with Gasteiger partial charge in [-0.15, -0.1) is 0 Å². The molecular weight excluding hydrogens is 216 g/mol. The highest BCUT2D eigenvalue weighted by Gasteiger charge is 2.35. The maximum absolute atomic E-state index is 11.5. The molecule has 0 amide bonds. The molecular formula is C14H24OS. The smallest absolute Gasteiger partial charge is 0.188 e. The number of hydrogen-bond donors (Lipinski definition) is 0. The van der Waals surface area contributed by atoms with E-state index < -0.39 is 0 Å². The molecule has 0 aromatic rings. The fraction of sp³-hybridized carbons (Fsp3) is 0.929. The minimum absolute atomic E-state index is 0.432. The topological polar surface area (TPSA) is 17.1 Å². The van der Waals surface area contributed by atoms with Gasteiger partial charge in [-0.05, 0) is 31.1 Å². The van der Waals surface area contributed by atoms with E-state index in [2.05, 4.69) is 0 Å². The molecule has 0 bridgehead atoms. The molecule has 2 rings (SSSR count). The first-order valence-electron chi connectivity index (χ1n) is 7.02. The Morgan fingerprint density at radius 1 is 0.875 bits per heavy atom. The van der Waals surface area contributed by atoms with E-state index in [-0.39, 0.29) is 0 Å². The molecule has 1 heterocycles. The van der Waals surface area contributed by atoms with Gasteiger partial charge in [0, 0.05) is 12.2 Å². The standard InChI is InChI=1S/C14H24OS/c15-14-9-5-1-3-7-12-11-13(12)8-4-2-6-10-16-14/h12-13H,1-11H2. The molecule has 2 unspecified atom stereocenters. The summed E-state index contributed by atoms with van der Waals surface area (Å²) in [6.07, 6.45) is 13.0. The zero-order valence-corrected chi connectivity index (χ0v) is 11.1. The summed E-state index contributed by atoms with van der Waals surface area (Å²) in [4.78, 5) is 11.5. The van der Waals surface area contributed by atoms with Crippen LogP contribution in [0, 0.1) is 11.8 Å². The highest BCUT2D eigenvalue weighted by Crippen LogP contribution is 2.45. The molecule has 0 spiro atoms. The average Bonchev–Trinajstić information content (AvgIpc) is 3.01. The van der Waals surface area contributed by atoms with Gasteiger partial charge in [0.2, 0.25) is 0 Å². The van der Waals surface area contributed by atoms with Crippen molar-refractivity contribution in [2.75, 3.05) is 5.75 Å². The molecule has 2 fully saturated rings. The van der Waals surface area contributed by atoms with Crippen molar-refractivity contribution in [1.82, 2.24) is 0 Å². The lowest BCUT2D eigenvalue weighted by molar-refractivity contribution is -0.111. The van der Waals surface area contributed by atoms with E-state index in [1.165, 1.54) is 51.4 Å². The lowest BCUT2D eigenvalue weighted by Gasteiger charge is -2.05. The normalized spacial score (nSPS) is 33.9. The second-order valence-corrected chi connectivity index (χ2v) is 6.58. The van der Waals surface area contributed by atoms with E-state index in [4.69, 9.17) is 0 Å². The van der Waals surface area contributed by atoms with Crippen molar-refractivity contribution in [3.05, 3.63) is 0 Å². The van der Waals surface area contributed by atoms with Crippen LogP contribution in [0.3, 0.4) is 0 Å². The van der Waals surface area contributed by atoms with Crippen LogP contribution in [0.4, 0.5) is 0 Å². The van der Waals surface area contributed by atoms with Gasteiger partial charge in [-0.25, -0.2) is 0 Å². The lowest BCUT2D eigenvalue weighted by Crippen LogP contribution is -1.95. The second-order valence-electron chi connectivity index (χ2n) is 5.43. The summed E-state index contributed by atoms with van der Waals surface area (Å²) in [5.41, 5.74) is 0. The Morgan fingerprint density at radius 2 is 1.56 bits per heavy atom. The van der Waals surface area contributed by atoms with Crippen molar-refractivity contribution in [2.45, 2.75) is 64.2 Å². The van der Waals surface area contributed by atoms with Crippen molar-refractivity contribution in [1.29, 1.82) is 0 Å². The van der Waals surface area contributed by atoms with Gasteiger partial charge >= 0.3 is 0 Å². The van der Waals surface area contributed by atoms with Crippen molar-refractivity contribution in [3.63, 3.8) is 0 Å². The maximum atomic E-state index is 11.5. The Morgan fingerprint density at radius 3 is 2.31 bits per heavy atom. The van der Waals surface area contributed by atoms with Gasteiger partial charge in [0.05, 0.1) is 0 Å². The molecule has 2 aliphatic rings. The van der Waals surface area contributed by atoms with E-state index in [0.717, 1.165) is 30.4 Å². The highest BCUT2D eigenvalue weighted by molar-refractivity contribution is 8.13. The number of hydrogen-bond acceptors (Lipinski definition) is 2. The second kappa shape index (κ2) is 6.68. The Labute approximate surface area is 104 Å². The predicted molar refractivity (Wildman–Crippen MR) is 70.6 cm³/mol. The molecule has 2 heteroatoms. The first kappa shape index (κ1) is 12.5.